The first kappa shape index (κ1) is 24.7. The van der Waals surface area contributed by atoms with E-state index < -0.39 is 18.7 Å². The standard InChI is InChI=1S/C36H26NOPS/c38-40-35-22-11-10-21-33(35)37(29-14-4-1-5-15-29)34-24-23-28(26-36(34)40)27-13-12-20-32(25-27)39(30-16-6-2-7-17-30)31-18-8-3-9-19-31/h1-26H. The maximum absolute atomic E-state index is 13.9. The van der Waals surface area contributed by atoms with Gasteiger partial charge in [-0.2, -0.15) is 0 Å². The number of para-hydroxylation sites is 2. The highest BCUT2D eigenvalue weighted by atomic mass is 32.2. The van der Waals surface area contributed by atoms with Gasteiger partial charge >= 0.3 is 0 Å². The van der Waals surface area contributed by atoms with Crippen molar-refractivity contribution >= 4 is 51.7 Å². The molecule has 1 atom stereocenters. The highest BCUT2D eigenvalue weighted by molar-refractivity contribution is 7.85. The molecule has 0 N–H and O–H groups in total. The van der Waals surface area contributed by atoms with E-state index >= 15 is 0 Å². The summed E-state index contributed by atoms with van der Waals surface area (Å²) in [6, 6.07) is 55.1. The first-order valence-corrected chi connectivity index (χ1v) is 15.8. The van der Waals surface area contributed by atoms with Crippen molar-refractivity contribution in [1.82, 2.24) is 0 Å². The molecule has 0 radical (unpaired) electrons. The van der Waals surface area contributed by atoms with Crippen LogP contribution in [-0.2, 0) is 10.8 Å². The Morgan fingerprint density at radius 1 is 0.450 bits per heavy atom. The van der Waals surface area contributed by atoms with E-state index in [0.29, 0.717) is 0 Å². The molecule has 0 bridgehead atoms. The zero-order valence-electron chi connectivity index (χ0n) is 21.7. The number of hydrogen-bond acceptors (Lipinski definition) is 2. The molecule has 0 amide bonds. The molecular weight excluding hydrogens is 525 g/mol. The summed E-state index contributed by atoms with van der Waals surface area (Å²) in [6.07, 6.45) is 0. The van der Waals surface area contributed by atoms with E-state index in [4.69, 9.17) is 0 Å². The first-order chi connectivity index (χ1) is 19.8. The molecule has 1 heterocycles. The predicted octanol–water partition coefficient (Wildman–Crippen LogP) is 8.06. The molecule has 0 aromatic heterocycles. The molecule has 1 aliphatic rings. The normalized spacial score (nSPS) is 14.0. The molecule has 0 fully saturated rings. The maximum atomic E-state index is 13.9. The summed E-state index contributed by atoms with van der Waals surface area (Å²) in [6.45, 7) is 0. The van der Waals surface area contributed by atoms with Crippen molar-refractivity contribution in [2.75, 3.05) is 4.90 Å². The van der Waals surface area contributed by atoms with Crippen LogP contribution in [0.25, 0.3) is 11.1 Å². The third kappa shape index (κ3) is 4.48. The van der Waals surface area contributed by atoms with Crippen LogP contribution in [-0.4, -0.2) is 4.21 Å². The Morgan fingerprint density at radius 3 is 1.70 bits per heavy atom. The van der Waals surface area contributed by atoms with E-state index in [1.54, 1.807) is 0 Å². The number of rotatable bonds is 5. The van der Waals surface area contributed by atoms with Crippen LogP contribution in [0.15, 0.2) is 168 Å². The molecule has 6 aromatic carbocycles. The maximum Gasteiger partial charge on any atom is 0.0892 e. The van der Waals surface area contributed by atoms with Crippen LogP contribution < -0.4 is 20.8 Å². The molecule has 4 heteroatoms. The summed E-state index contributed by atoms with van der Waals surface area (Å²) in [5.74, 6) is 0. The van der Waals surface area contributed by atoms with Gasteiger partial charge in [0.25, 0.3) is 0 Å². The van der Waals surface area contributed by atoms with Crippen molar-refractivity contribution in [2.24, 2.45) is 0 Å². The van der Waals surface area contributed by atoms with Gasteiger partial charge in [0.1, 0.15) is 0 Å². The van der Waals surface area contributed by atoms with Gasteiger partial charge in [-0.05, 0) is 77.4 Å². The van der Waals surface area contributed by atoms with Gasteiger partial charge in [0.15, 0.2) is 0 Å². The highest BCUT2D eigenvalue weighted by Crippen LogP contribution is 2.47. The Labute approximate surface area is 238 Å². The van der Waals surface area contributed by atoms with Crippen molar-refractivity contribution in [3.8, 4) is 11.1 Å². The second kappa shape index (κ2) is 10.7. The zero-order chi connectivity index (χ0) is 26.9. The molecule has 0 saturated heterocycles. The minimum Gasteiger partial charge on any atom is -0.308 e. The van der Waals surface area contributed by atoms with Crippen molar-refractivity contribution in [2.45, 2.75) is 9.79 Å². The van der Waals surface area contributed by atoms with E-state index in [1.165, 1.54) is 15.9 Å². The third-order valence-electron chi connectivity index (χ3n) is 7.19. The predicted molar refractivity (Wildman–Crippen MR) is 170 cm³/mol. The van der Waals surface area contributed by atoms with Gasteiger partial charge in [0.05, 0.1) is 32.0 Å². The lowest BCUT2D eigenvalue weighted by atomic mass is 10.0. The molecular formula is C36H26NOPS. The molecule has 7 rings (SSSR count). The van der Waals surface area contributed by atoms with Crippen LogP contribution in [0.1, 0.15) is 0 Å². The number of benzene rings is 6. The van der Waals surface area contributed by atoms with E-state index in [9.17, 15) is 4.21 Å². The zero-order valence-corrected chi connectivity index (χ0v) is 23.4. The van der Waals surface area contributed by atoms with Gasteiger partial charge in [-0.3, -0.25) is 0 Å². The van der Waals surface area contributed by atoms with Gasteiger partial charge in [-0.25, -0.2) is 4.21 Å². The monoisotopic (exact) mass is 551 g/mol. The average molecular weight is 552 g/mol. The van der Waals surface area contributed by atoms with Crippen molar-refractivity contribution < 1.29 is 4.21 Å². The second-order valence-corrected chi connectivity index (χ2v) is 13.3. The van der Waals surface area contributed by atoms with Crippen molar-refractivity contribution in [3.63, 3.8) is 0 Å². The van der Waals surface area contributed by atoms with Crippen LogP contribution >= 0.6 is 7.92 Å². The molecule has 1 aliphatic heterocycles. The van der Waals surface area contributed by atoms with E-state index in [2.05, 4.69) is 126 Å². The molecule has 1 unspecified atom stereocenters. The van der Waals surface area contributed by atoms with Crippen molar-refractivity contribution in [1.29, 1.82) is 0 Å². The quantitative estimate of drug-likeness (QED) is 0.202. The topological polar surface area (TPSA) is 20.3 Å². The summed E-state index contributed by atoms with van der Waals surface area (Å²) in [5, 5.41) is 3.94. The van der Waals surface area contributed by atoms with Gasteiger partial charge in [0, 0.05) is 5.69 Å². The summed E-state index contributed by atoms with van der Waals surface area (Å²) >= 11 is 0. The SMILES string of the molecule is O=S1c2ccccc2N(c2ccccc2)c2ccc(-c3cccc(P(c4ccccc4)c4ccccc4)c3)cc21. The van der Waals surface area contributed by atoms with Crippen LogP contribution in [0.2, 0.25) is 0 Å². The van der Waals surface area contributed by atoms with E-state index in [0.717, 1.165) is 38.0 Å². The van der Waals surface area contributed by atoms with Gasteiger partial charge < -0.3 is 4.90 Å². The highest BCUT2D eigenvalue weighted by Gasteiger charge is 2.29. The van der Waals surface area contributed by atoms with Gasteiger partial charge in [-0.1, -0.05) is 115 Å². The Bertz CT molecular complexity index is 1780. The lowest BCUT2D eigenvalue weighted by Crippen LogP contribution is -2.20. The Kier molecular flexibility index (Phi) is 6.61. The molecule has 6 aromatic rings. The summed E-state index contributed by atoms with van der Waals surface area (Å²) in [5.41, 5.74) is 5.17. The fourth-order valence-corrected chi connectivity index (χ4v) is 9.06. The minimum absolute atomic E-state index is 0.711. The van der Waals surface area contributed by atoms with Crippen LogP contribution in [0, 0.1) is 0 Å². The Morgan fingerprint density at radius 2 is 1.00 bits per heavy atom. The lowest BCUT2D eigenvalue weighted by Gasteiger charge is -2.33. The number of hydrogen-bond donors (Lipinski definition) is 0. The van der Waals surface area contributed by atoms with Gasteiger partial charge in [-0.15, -0.1) is 0 Å². The lowest BCUT2D eigenvalue weighted by molar-refractivity contribution is 0.682. The smallest absolute Gasteiger partial charge is 0.0892 e. The van der Waals surface area contributed by atoms with E-state index in [-0.39, 0.29) is 0 Å². The van der Waals surface area contributed by atoms with Gasteiger partial charge in [0.2, 0.25) is 0 Å². The molecule has 2 nitrogen and oxygen atoms in total. The largest absolute Gasteiger partial charge is 0.308 e. The molecule has 0 spiro atoms. The number of anilines is 3. The minimum atomic E-state index is -1.28. The van der Waals surface area contributed by atoms with Crippen LogP contribution in [0.4, 0.5) is 17.1 Å². The number of nitrogens with zero attached hydrogens (tertiary/aromatic N) is 1. The second-order valence-electron chi connectivity index (χ2n) is 9.65. The van der Waals surface area contributed by atoms with Crippen molar-refractivity contribution in [3.05, 3.63) is 158 Å². The molecule has 192 valence electrons. The summed E-state index contributed by atoms with van der Waals surface area (Å²) in [7, 11) is -1.99. The number of fused-ring (bicyclic) bond motifs is 2. The summed E-state index contributed by atoms with van der Waals surface area (Å²) in [4.78, 5) is 3.89. The molecule has 0 aliphatic carbocycles. The van der Waals surface area contributed by atoms with Crippen LogP contribution in [0.3, 0.4) is 0 Å². The fraction of sp³-hybridized carbons (Fsp3) is 0. The average Bonchev–Trinajstić information content (AvgIpc) is 3.03. The Balaban J connectivity index is 1.34. The molecule has 40 heavy (non-hydrogen) atoms. The first-order valence-electron chi connectivity index (χ1n) is 13.3. The van der Waals surface area contributed by atoms with E-state index in [1.807, 2.05) is 36.4 Å². The Hall–Kier alpha value is -4.30. The molecule has 0 saturated carbocycles. The van der Waals surface area contributed by atoms with Crippen LogP contribution in [0.5, 0.6) is 0 Å². The third-order valence-corrected chi connectivity index (χ3v) is 11.1. The fourth-order valence-electron chi connectivity index (χ4n) is 5.35. The summed E-state index contributed by atoms with van der Waals surface area (Å²) < 4.78 is 13.9.